The highest BCUT2D eigenvalue weighted by Gasteiger charge is 2.23. The Morgan fingerprint density at radius 2 is 1.63 bits per heavy atom. The van der Waals surface area contributed by atoms with Crippen molar-refractivity contribution in [3.05, 3.63) is 106 Å². The van der Waals surface area contributed by atoms with Crippen molar-refractivity contribution in [2.24, 2.45) is 0 Å². The molecule has 0 N–H and O–H groups in total. The zero-order valence-corrected chi connectivity index (χ0v) is 18.4. The first-order chi connectivity index (χ1) is 14.1. The molecule has 4 nitrogen and oxygen atoms in total. The Morgan fingerprint density at radius 3 is 2.40 bits per heavy atom. The molecule has 2 heterocycles. The lowest BCUT2D eigenvalue weighted by molar-refractivity contribution is -0.00000577. The van der Waals surface area contributed by atoms with E-state index in [9.17, 15) is 4.79 Å². The van der Waals surface area contributed by atoms with Crippen LogP contribution in [-0.2, 0) is 6.54 Å². The van der Waals surface area contributed by atoms with Gasteiger partial charge in [-0.15, -0.1) is 0 Å². The Bertz CT molecular complexity index is 1320. The minimum atomic E-state index is 0. The number of aromatic nitrogens is 2. The average molecular weight is 459 g/mol. The number of para-hydroxylation sites is 1. The van der Waals surface area contributed by atoms with E-state index in [4.69, 9.17) is 4.98 Å². The summed E-state index contributed by atoms with van der Waals surface area (Å²) in [6.07, 6.45) is 2.13. The van der Waals surface area contributed by atoms with E-state index in [2.05, 4.69) is 47.4 Å². The lowest BCUT2D eigenvalue weighted by atomic mass is 9.93. The normalized spacial score (nSPS) is 13.5. The molecule has 0 saturated heterocycles. The van der Waals surface area contributed by atoms with Gasteiger partial charge in [0, 0.05) is 25.4 Å². The molecule has 0 aliphatic carbocycles. The minimum Gasteiger partial charge on any atom is -1.00 e. The monoisotopic (exact) mass is 458 g/mol. The van der Waals surface area contributed by atoms with Crippen molar-refractivity contribution in [3.63, 3.8) is 0 Å². The molecule has 0 bridgehead atoms. The van der Waals surface area contributed by atoms with Gasteiger partial charge in [0.2, 0.25) is 0 Å². The topological polar surface area (TPSA) is 38.1 Å². The lowest BCUT2D eigenvalue weighted by Gasteiger charge is -2.24. The Morgan fingerprint density at radius 1 is 0.933 bits per heavy atom. The van der Waals surface area contributed by atoms with Gasteiger partial charge in [-0.05, 0) is 47.0 Å². The fraction of sp³-hybridized carbons (Fsp3) is 0.120. The van der Waals surface area contributed by atoms with Crippen molar-refractivity contribution in [1.29, 1.82) is 0 Å². The smallest absolute Gasteiger partial charge is 0.261 e. The summed E-state index contributed by atoms with van der Waals surface area (Å²) in [7, 11) is 4.06. The third kappa shape index (κ3) is 3.35. The molecule has 30 heavy (non-hydrogen) atoms. The Labute approximate surface area is 185 Å². The predicted octanol–water partition coefficient (Wildman–Crippen LogP) is 1.42. The van der Waals surface area contributed by atoms with Gasteiger partial charge in [-0.2, -0.15) is 0 Å². The number of hydrogen-bond donors (Lipinski definition) is 0. The average Bonchev–Trinajstić information content (AvgIpc) is 2.75. The van der Waals surface area contributed by atoms with Gasteiger partial charge in [-0.3, -0.25) is 9.36 Å². The molecule has 0 unspecified atom stereocenters. The molecule has 1 aliphatic rings. The molecule has 5 rings (SSSR count). The second kappa shape index (κ2) is 7.92. The van der Waals surface area contributed by atoms with Gasteiger partial charge in [-0.25, -0.2) is 4.98 Å². The van der Waals surface area contributed by atoms with E-state index in [-0.39, 0.29) is 22.5 Å². The highest BCUT2D eigenvalue weighted by atomic mass is 79.9. The molecule has 0 radical (unpaired) electrons. The van der Waals surface area contributed by atoms with Crippen LogP contribution in [-0.4, -0.2) is 23.6 Å². The van der Waals surface area contributed by atoms with Crippen LogP contribution in [0.15, 0.2) is 77.6 Å². The Hall–Kier alpha value is -3.18. The molecule has 0 saturated carbocycles. The van der Waals surface area contributed by atoms with E-state index in [1.807, 2.05) is 50.5 Å². The molecule has 0 amide bonds. The van der Waals surface area contributed by atoms with Gasteiger partial charge in [0.15, 0.2) is 0 Å². The van der Waals surface area contributed by atoms with Gasteiger partial charge in [0.05, 0.1) is 17.4 Å². The number of hydrogen-bond acceptors (Lipinski definition) is 3. The number of rotatable bonds is 2. The van der Waals surface area contributed by atoms with Gasteiger partial charge in [0.1, 0.15) is 5.82 Å². The van der Waals surface area contributed by atoms with Crippen LogP contribution >= 0.6 is 0 Å². The van der Waals surface area contributed by atoms with E-state index in [1.165, 1.54) is 0 Å². The molecule has 0 atom stereocenters. The first-order valence-corrected chi connectivity index (χ1v) is 9.69. The summed E-state index contributed by atoms with van der Waals surface area (Å²) in [6.45, 7) is 0.541. The van der Waals surface area contributed by atoms with Crippen LogP contribution in [0.25, 0.3) is 22.6 Å². The SMILES string of the molecule is CN(C)c1ccc(/C=C2\c3ccccc3Cn3c2nc2ccccc2c3=O)cc1.[Br-]. The van der Waals surface area contributed by atoms with E-state index in [0.717, 1.165) is 39.3 Å². The number of anilines is 1. The largest absolute Gasteiger partial charge is 1.00 e. The standard InChI is InChI=1S/C25H21N3O.BrH/c1-27(2)19-13-11-17(12-14-19)15-22-20-8-4-3-7-18(20)16-28-24(22)26-23-10-6-5-9-21(23)25(28)29;/h3-15H,16H2,1-2H3;1H/p-1/b22-15+;. The second-order valence-corrected chi connectivity index (χ2v) is 7.54. The number of fused-ring (bicyclic) bond motifs is 3. The summed E-state index contributed by atoms with van der Waals surface area (Å²) >= 11 is 0. The molecule has 1 aliphatic heterocycles. The first kappa shape index (κ1) is 20.1. The number of benzene rings is 3. The molecule has 150 valence electrons. The fourth-order valence-electron chi connectivity index (χ4n) is 3.91. The zero-order valence-electron chi connectivity index (χ0n) is 16.8. The van der Waals surface area contributed by atoms with Crippen LogP contribution < -0.4 is 27.4 Å². The molecule has 0 spiro atoms. The summed E-state index contributed by atoms with van der Waals surface area (Å²) < 4.78 is 1.80. The van der Waals surface area contributed by atoms with Gasteiger partial charge in [0.25, 0.3) is 5.56 Å². The van der Waals surface area contributed by atoms with Gasteiger partial charge >= 0.3 is 0 Å². The zero-order chi connectivity index (χ0) is 20.0. The van der Waals surface area contributed by atoms with Crippen molar-refractivity contribution in [2.45, 2.75) is 6.54 Å². The van der Waals surface area contributed by atoms with E-state index in [0.29, 0.717) is 11.9 Å². The van der Waals surface area contributed by atoms with Crippen LogP contribution in [0.2, 0.25) is 0 Å². The Balaban J connectivity index is 0.00000218. The molecule has 4 aromatic rings. The summed E-state index contributed by atoms with van der Waals surface area (Å²) in [4.78, 5) is 20.2. The third-order valence-corrected chi connectivity index (χ3v) is 5.46. The van der Waals surface area contributed by atoms with Crippen molar-refractivity contribution >= 4 is 28.2 Å². The van der Waals surface area contributed by atoms with Crippen molar-refractivity contribution < 1.29 is 17.0 Å². The molecular weight excluding hydrogens is 438 g/mol. The molecule has 0 fully saturated rings. The van der Waals surface area contributed by atoms with E-state index >= 15 is 0 Å². The maximum atomic E-state index is 13.2. The Kier molecular flexibility index (Phi) is 5.31. The summed E-state index contributed by atoms with van der Waals surface area (Å²) in [5.74, 6) is 0.726. The highest BCUT2D eigenvalue weighted by molar-refractivity contribution is 5.93. The lowest BCUT2D eigenvalue weighted by Crippen LogP contribution is -3.00. The van der Waals surface area contributed by atoms with Crippen LogP contribution in [0.1, 0.15) is 22.5 Å². The van der Waals surface area contributed by atoms with Crippen LogP contribution in [0, 0.1) is 0 Å². The first-order valence-electron chi connectivity index (χ1n) is 9.69. The summed E-state index contributed by atoms with van der Waals surface area (Å²) in [6, 6.07) is 24.2. The molecular formula is C25H21BrN3O-. The van der Waals surface area contributed by atoms with Crippen molar-refractivity contribution in [2.75, 3.05) is 19.0 Å². The predicted molar refractivity (Wildman–Crippen MR) is 119 cm³/mol. The minimum absolute atomic E-state index is 0. The van der Waals surface area contributed by atoms with Crippen LogP contribution in [0.3, 0.4) is 0 Å². The van der Waals surface area contributed by atoms with Crippen LogP contribution in [0.5, 0.6) is 0 Å². The highest BCUT2D eigenvalue weighted by Crippen LogP contribution is 2.32. The quantitative estimate of drug-likeness (QED) is 0.401. The van der Waals surface area contributed by atoms with E-state index in [1.54, 1.807) is 4.57 Å². The molecule has 5 heteroatoms. The molecule has 3 aromatic carbocycles. The maximum Gasteiger partial charge on any atom is 0.261 e. The summed E-state index contributed by atoms with van der Waals surface area (Å²) in [5, 5.41) is 0.658. The number of halogens is 1. The van der Waals surface area contributed by atoms with E-state index < -0.39 is 0 Å². The van der Waals surface area contributed by atoms with Crippen molar-refractivity contribution in [3.8, 4) is 0 Å². The van der Waals surface area contributed by atoms with Gasteiger partial charge < -0.3 is 21.9 Å². The maximum absolute atomic E-state index is 13.2. The van der Waals surface area contributed by atoms with Crippen LogP contribution in [0.4, 0.5) is 5.69 Å². The van der Waals surface area contributed by atoms with Crippen molar-refractivity contribution in [1.82, 2.24) is 9.55 Å². The second-order valence-electron chi connectivity index (χ2n) is 7.54. The third-order valence-electron chi connectivity index (χ3n) is 5.46. The fourth-order valence-corrected chi connectivity index (χ4v) is 3.91. The van der Waals surface area contributed by atoms with Gasteiger partial charge in [-0.1, -0.05) is 48.5 Å². The number of nitrogens with zero attached hydrogens (tertiary/aromatic N) is 3. The molecule has 1 aromatic heterocycles. The summed E-state index contributed by atoms with van der Waals surface area (Å²) in [5.41, 5.74) is 6.22.